The molecular weight excluding hydrogens is 244 g/mol. The largest absolute Gasteiger partial charge is 0.444 e. The second-order valence-electron chi connectivity index (χ2n) is 6.62. The van der Waals surface area contributed by atoms with Crippen molar-refractivity contribution in [3.8, 4) is 0 Å². The van der Waals surface area contributed by atoms with Crippen LogP contribution in [-0.4, -0.2) is 53.6 Å². The van der Waals surface area contributed by atoms with Crippen molar-refractivity contribution in [2.45, 2.75) is 51.7 Å². The smallest absolute Gasteiger partial charge is 0.410 e. The molecule has 0 aromatic carbocycles. The summed E-state index contributed by atoms with van der Waals surface area (Å²) in [5.41, 5.74) is -0.466. The summed E-state index contributed by atoms with van der Waals surface area (Å²) in [6.45, 7) is 7.13. The van der Waals surface area contributed by atoms with E-state index in [1.807, 2.05) is 32.7 Å². The van der Waals surface area contributed by atoms with Crippen LogP contribution in [0.1, 0.15) is 40.0 Å². The second-order valence-corrected chi connectivity index (χ2v) is 6.62. The van der Waals surface area contributed by atoms with Gasteiger partial charge in [-0.2, -0.15) is 0 Å². The van der Waals surface area contributed by atoms with Crippen LogP contribution >= 0.6 is 0 Å². The normalized spacial score (nSPS) is 28.1. The molecule has 0 aliphatic carbocycles. The predicted octanol–water partition coefficient (Wildman–Crippen LogP) is 1.86. The molecule has 0 aromatic rings. The zero-order chi connectivity index (χ0) is 14.2. The minimum absolute atomic E-state index is 0.156. The Labute approximate surface area is 114 Å². The SMILES string of the molecule is CN1CC(C2CCCN2C(=O)OC(C)(C)C)CC1=O. The summed E-state index contributed by atoms with van der Waals surface area (Å²) in [5, 5.41) is 0. The van der Waals surface area contributed by atoms with E-state index < -0.39 is 5.60 Å². The summed E-state index contributed by atoms with van der Waals surface area (Å²) in [5.74, 6) is 0.438. The fraction of sp³-hybridized carbons (Fsp3) is 0.857. The van der Waals surface area contributed by atoms with Gasteiger partial charge in [0.1, 0.15) is 5.60 Å². The Morgan fingerprint density at radius 3 is 2.58 bits per heavy atom. The first-order valence-electron chi connectivity index (χ1n) is 7.01. The number of rotatable bonds is 1. The zero-order valence-corrected chi connectivity index (χ0v) is 12.3. The van der Waals surface area contributed by atoms with E-state index in [-0.39, 0.29) is 24.0 Å². The van der Waals surface area contributed by atoms with E-state index in [2.05, 4.69) is 0 Å². The Hall–Kier alpha value is -1.26. The Balaban J connectivity index is 2.01. The maximum Gasteiger partial charge on any atom is 0.410 e. The summed E-state index contributed by atoms with van der Waals surface area (Å²) >= 11 is 0. The third-order valence-electron chi connectivity index (χ3n) is 3.84. The lowest BCUT2D eigenvalue weighted by Crippen LogP contribution is -2.43. The van der Waals surface area contributed by atoms with Gasteiger partial charge in [0.05, 0.1) is 0 Å². The highest BCUT2D eigenvalue weighted by Gasteiger charge is 2.41. The Morgan fingerprint density at radius 2 is 2.05 bits per heavy atom. The first kappa shape index (κ1) is 14.2. The quantitative estimate of drug-likeness (QED) is 0.729. The highest BCUT2D eigenvalue weighted by Crippen LogP contribution is 2.31. The van der Waals surface area contributed by atoms with Crippen LogP contribution in [0.5, 0.6) is 0 Å². The van der Waals surface area contributed by atoms with E-state index in [4.69, 9.17) is 4.74 Å². The highest BCUT2D eigenvalue weighted by molar-refractivity contribution is 5.78. The second kappa shape index (κ2) is 5.02. The van der Waals surface area contributed by atoms with Crippen LogP contribution in [0.4, 0.5) is 4.79 Å². The van der Waals surface area contributed by atoms with Crippen LogP contribution in [0.2, 0.25) is 0 Å². The molecule has 0 radical (unpaired) electrons. The average molecular weight is 268 g/mol. The third kappa shape index (κ3) is 3.19. The Morgan fingerprint density at radius 1 is 1.37 bits per heavy atom. The maximum absolute atomic E-state index is 12.2. The molecule has 2 amide bonds. The monoisotopic (exact) mass is 268 g/mol. The third-order valence-corrected chi connectivity index (χ3v) is 3.84. The van der Waals surface area contributed by atoms with Crippen LogP contribution in [0.3, 0.4) is 0 Å². The van der Waals surface area contributed by atoms with Gasteiger partial charge in [0.2, 0.25) is 5.91 Å². The molecule has 2 aliphatic heterocycles. The van der Waals surface area contributed by atoms with Crippen molar-refractivity contribution in [3.63, 3.8) is 0 Å². The molecular formula is C14H24N2O3. The number of hydrogen-bond donors (Lipinski definition) is 0. The number of amides is 2. The molecule has 2 saturated heterocycles. The van der Waals surface area contributed by atoms with Crippen LogP contribution in [0.25, 0.3) is 0 Å². The number of ether oxygens (including phenoxy) is 1. The molecule has 0 aromatic heterocycles. The molecule has 0 saturated carbocycles. The molecule has 0 bridgehead atoms. The highest BCUT2D eigenvalue weighted by atomic mass is 16.6. The van der Waals surface area contributed by atoms with Gasteiger partial charge in [0.15, 0.2) is 0 Å². The molecule has 2 aliphatic rings. The van der Waals surface area contributed by atoms with Gasteiger partial charge in [-0.25, -0.2) is 4.79 Å². The molecule has 0 spiro atoms. The topological polar surface area (TPSA) is 49.9 Å². The van der Waals surface area contributed by atoms with Crippen molar-refractivity contribution in [1.82, 2.24) is 9.80 Å². The number of carbonyl (C=O) groups excluding carboxylic acids is 2. The lowest BCUT2D eigenvalue weighted by Gasteiger charge is -2.31. The van der Waals surface area contributed by atoms with Crippen molar-refractivity contribution < 1.29 is 14.3 Å². The molecule has 2 atom stereocenters. The molecule has 2 rings (SSSR count). The predicted molar refractivity (Wildman–Crippen MR) is 71.7 cm³/mol. The van der Waals surface area contributed by atoms with E-state index in [0.717, 1.165) is 25.9 Å². The fourth-order valence-electron chi connectivity index (χ4n) is 2.99. The molecule has 2 fully saturated rings. The van der Waals surface area contributed by atoms with Gasteiger partial charge in [-0.1, -0.05) is 0 Å². The minimum atomic E-state index is -0.466. The molecule has 19 heavy (non-hydrogen) atoms. The van der Waals surface area contributed by atoms with Gasteiger partial charge < -0.3 is 14.5 Å². The van der Waals surface area contributed by atoms with Crippen molar-refractivity contribution in [2.24, 2.45) is 5.92 Å². The summed E-state index contributed by atoms with van der Waals surface area (Å²) in [6.07, 6.45) is 2.29. The van der Waals surface area contributed by atoms with Crippen molar-refractivity contribution >= 4 is 12.0 Å². The summed E-state index contributed by atoms with van der Waals surface area (Å²) in [7, 11) is 1.83. The summed E-state index contributed by atoms with van der Waals surface area (Å²) in [4.78, 5) is 27.4. The fourth-order valence-corrected chi connectivity index (χ4v) is 2.99. The van der Waals surface area contributed by atoms with Gasteiger partial charge in [-0.3, -0.25) is 4.79 Å². The lowest BCUT2D eigenvalue weighted by atomic mass is 9.97. The number of hydrogen-bond acceptors (Lipinski definition) is 3. The maximum atomic E-state index is 12.2. The molecule has 5 nitrogen and oxygen atoms in total. The van der Waals surface area contributed by atoms with Crippen LogP contribution in [-0.2, 0) is 9.53 Å². The van der Waals surface area contributed by atoms with E-state index in [1.165, 1.54) is 0 Å². The molecule has 2 heterocycles. The number of likely N-dealkylation sites (tertiary alicyclic amines) is 2. The minimum Gasteiger partial charge on any atom is -0.444 e. The molecule has 2 unspecified atom stereocenters. The zero-order valence-electron chi connectivity index (χ0n) is 12.3. The van der Waals surface area contributed by atoms with Gasteiger partial charge in [0, 0.05) is 38.5 Å². The van der Waals surface area contributed by atoms with Gasteiger partial charge in [-0.15, -0.1) is 0 Å². The van der Waals surface area contributed by atoms with E-state index in [9.17, 15) is 9.59 Å². The number of carbonyl (C=O) groups is 2. The van der Waals surface area contributed by atoms with E-state index >= 15 is 0 Å². The molecule has 0 N–H and O–H groups in total. The van der Waals surface area contributed by atoms with Crippen molar-refractivity contribution in [2.75, 3.05) is 20.1 Å². The van der Waals surface area contributed by atoms with Gasteiger partial charge in [-0.05, 0) is 33.6 Å². The van der Waals surface area contributed by atoms with Crippen LogP contribution < -0.4 is 0 Å². The van der Waals surface area contributed by atoms with Crippen molar-refractivity contribution in [3.05, 3.63) is 0 Å². The van der Waals surface area contributed by atoms with Crippen molar-refractivity contribution in [1.29, 1.82) is 0 Å². The lowest BCUT2D eigenvalue weighted by molar-refractivity contribution is -0.126. The number of nitrogens with zero attached hydrogens (tertiary/aromatic N) is 2. The van der Waals surface area contributed by atoms with Crippen LogP contribution in [0.15, 0.2) is 0 Å². The molecule has 108 valence electrons. The van der Waals surface area contributed by atoms with E-state index in [1.54, 1.807) is 4.90 Å². The Bertz CT molecular complexity index is 375. The summed E-state index contributed by atoms with van der Waals surface area (Å²) < 4.78 is 5.45. The first-order chi connectivity index (χ1) is 8.78. The first-order valence-corrected chi connectivity index (χ1v) is 7.01. The van der Waals surface area contributed by atoms with Crippen LogP contribution in [0, 0.1) is 5.92 Å². The standard InChI is InChI=1S/C14H24N2O3/c1-14(2,3)19-13(18)16-7-5-6-11(16)10-8-12(17)15(4)9-10/h10-11H,5-9H2,1-4H3. The van der Waals surface area contributed by atoms with E-state index in [0.29, 0.717) is 6.42 Å². The summed E-state index contributed by atoms with van der Waals surface area (Å²) in [6, 6.07) is 0.156. The van der Waals surface area contributed by atoms with Gasteiger partial charge in [0.25, 0.3) is 0 Å². The Kier molecular flexibility index (Phi) is 3.74. The average Bonchev–Trinajstić information content (AvgIpc) is 2.83. The molecule has 5 heteroatoms. The van der Waals surface area contributed by atoms with Gasteiger partial charge >= 0.3 is 6.09 Å².